The van der Waals surface area contributed by atoms with Crippen molar-refractivity contribution < 1.29 is 18.0 Å². The number of para-hydroxylation sites is 1. The third-order valence-electron chi connectivity index (χ3n) is 5.06. The van der Waals surface area contributed by atoms with Gasteiger partial charge in [0.1, 0.15) is 0 Å². The van der Waals surface area contributed by atoms with Gasteiger partial charge in [-0.3, -0.25) is 9.59 Å². The first-order valence-corrected chi connectivity index (χ1v) is 11.3. The molecule has 1 unspecified atom stereocenters. The second-order valence-electron chi connectivity index (χ2n) is 7.72. The minimum atomic E-state index is -3.13. The van der Waals surface area contributed by atoms with Crippen LogP contribution in [0.3, 0.4) is 0 Å². The predicted molar refractivity (Wildman–Crippen MR) is 108 cm³/mol. The highest BCUT2D eigenvalue weighted by Gasteiger charge is 2.36. The maximum absolute atomic E-state index is 12.8. The number of likely N-dealkylation sites (N-methyl/N-ethyl adjacent to an activating group) is 1. The highest BCUT2D eigenvalue weighted by atomic mass is 32.2. The highest BCUT2D eigenvalue weighted by Crippen LogP contribution is 2.32. The molecule has 1 atom stereocenters. The van der Waals surface area contributed by atoms with Gasteiger partial charge in [0.25, 0.3) is 0 Å². The van der Waals surface area contributed by atoms with Crippen molar-refractivity contribution in [1.82, 2.24) is 4.90 Å². The lowest BCUT2D eigenvalue weighted by molar-refractivity contribution is -0.144. The Labute approximate surface area is 162 Å². The van der Waals surface area contributed by atoms with E-state index in [0.29, 0.717) is 18.7 Å². The van der Waals surface area contributed by atoms with Crippen molar-refractivity contribution in [1.29, 1.82) is 0 Å². The molecule has 7 heteroatoms. The average Bonchev–Trinajstić information content (AvgIpc) is 2.94. The lowest BCUT2D eigenvalue weighted by Gasteiger charge is -2.27. The molecule has 0 aliphatic carbocycles. The summed E-state index contributed by atoms with van der Waals surface area (Å²) in [5.74, 6) is -1.01. The summed E-state index contributed by atoms with van der Waals surface area (Å²) in [5, 5.41) is 2.82. The number of carbonyl (C=O) groups is 2. The van der Waals surface area contributed by atoms with Gasteiger partial charge in [0, 0.05) is 18.3 Å². The van der Waals surface area contributed by atoms with Crippen LogP contribution in [0.15, 0.2) is 18.2 Å². The lowest BCUT2D eigenvalue weighted by Crippen LogP contribution is -2.46. The van der Waals surface area contributed by atoms with Crippen molar-refractivity contribution in [2.24, 2.45) is 0 Å². The molecule has 1 aromatic rings. The monoisotopic (exact) mass is 394 g/mol. The van der Waals surface area contributed by atoms with Crippen LogP contribution in [-0.2, 0) is 19.4 Å². The van der Waals surface area contributed by atoms with Crippen LogP contribution in [0.2, 0.25) is 0 Å². The Kier molecular flexibility index (Phi) is 6.68. The Balaban J connectivity index is 2.27. The molecular weight excluding hydrogens is 364 g/mol. The maximum atomic E-state index is 12.8. The fourth-order valence-corrected chi connectivity index (χ4v) is 5.31. The third kappa shape index (κ3) is 4.89. The molecule has 150 valence electrons. The zero-order chi connectivity index (χ0) is 20.4. The molecule has 0 aromatic heterocycles. The third-order valence-corrected chi connectivity index (χ3v) is 6.81. The summed E-state index contributed by atoms with van der Waals surface area (Å²) in [7, 11) is -3.13. The largest absolute Gasteiger partial charge is 0.331 e. The second-order valence-corrected chi connectivity index (χ2v) is 9.95. The predicted octanol–water partition coefficient (Wildman–Crippen LogP) is 2.91. The van der Waals surface area contributed by atoms with E-state index in [1.165, 1.54) is 4.90 Å². The van der Waals surface area contributed by atoms with Crippen molar-refractivity contribution >= 4 is 27.3 Å². The number of nitrogens with one attached hydrogen (secondary N) is 1. The second kappa shape index (κ2) is 8.42. The first kappa shape index (κ1) is 21.4. The maximum Gasteiger partial charge on any atom is 0.313 e. The Bertz CT molecular complexity index is 789. The lowest BCUT2D eigenvalue weighted by atomic mass is 9.92. The SMILES string of the molecule is CCN(C(=O)C(=O)Nc1c(C(C)C)cccc1C(C)C)C1CCS(=O)(=O)C1. The topological polar surface area (TPSA) is 83.6 Å². The summed E-state index contributed by atoms with van der Waals surface area (Å²) in [6.07, 6.45) is 0.384. The van der Waals surface area contributed by atoms with Gasteiger partial charge in [-0.2, -0.15) is 0 Å². The van der Waals surface area contributed by atoms with Crippen LogP contribution in [0.4, 0.5) is 5.69 Å². The number of benzene rings is 1. The van der Waals surface area contributed by atoms with Crippen LogP contribution < -0.4 is 5.32 Å². The van der Waals surface area contributed by atoms with Crippen LogP contribution in [0.25, 0.3) is 0 Å². The van der Waals surface area contributed by atoms with E-state index in [1.807, 2.05) is 45.9 Å². The zero-order valence-corrected chi connectivity index (χ0v) is 17.6. The van der Waals surface area contributed by atoms with E-state index in [9.17, 15) is 18.0 Å². The molecule has 2 rings (SSSR count). The van der Waals surface area contributed by atoms with Gasteiger partial charge < -0.3 is 10.2 Å². The van der Waals surface area contributed by atoms with Crippen LogP contribution in [0.5, 0.6) is 0 Å². The summed E-state index contributed by atoms with van der Waals surface area (Å²) >= 11 is 0. The number of carbonyl (C=O) groups excluding carboxylic acids is 2. The van der Waals surface area contributed by atoms with E-state index in [4.69, 9.17) is 0 Å². The molecule has 1 aliphatic rings. The smallest absolute Gasteiger partial charge is 0.313 e. The Morgan fingerprint density at radius 1 is 1.15 bits per heavy atom. The van der Waals surface area contributed by atoms with E-state index in [-0.39, 0.29) is 23.3 Å². The van der Waals surface area contributed by atoms with Crippen molar-refractivity contribution in [2.45, 2.75) is 58.9 Å². The van der Waals surface area contributed by atoms with Gasteiger partial charge in [-0.25, -0.2) is 8.42 Å². The zero-order valence-electron chi connectivity index (χ0n) is 16.8. The van der Waals surface area contributed by atoms with E-state index in [1.54, 1.807) is 6.92 Å². The van der Waals surface area contributed by atoms with E-state index >= 15 is 0 Å². The van der Waals surface area contributed by atoms with E-state index in [2.05, 4.69) is 5.32 Å². The summed E-state index contributed by atoms with van der Waals surface area (Å²) in [6, 6.07) is 5.45. The average molecular weight is 395 g/mol. The Morgan fingerprint density at radius 3 is 2.11 bits per heavy atom. The Morgan fingerprint density at radius 2 is 1.70 bits per heavy atom. The molecule has 0 saturated carbocycles. The molecule has 0 radical (unpaired) electrons. The summed E-state index contributed by atoms with van der Waals surface area (Å²) in [4.78, 5) is 26.9. The Hall–Kier alpha value is -1.89. The molecule has 1 aliphatic heterocycles. The minimum absolute atomic E-state index is 0.0662. The quantitative estimate of drug-likeness (QED) is 0.779. The van der Waals surface area contributed by atoms with Crippen LogP contribution >= 0.6 is 0 Å². The molecule has 1 aromatic carbocycles. The van der Waals surface area contributed by atoms with Gasteiger partial charge in [0.2, 0.25) is 0 Å². The fraction of sp³-hybridized carbons (Fsp3) is 0.600. The molecular formula is C20H30N2O4S. The summed E-state index contributed by atoms with van der Waals surface area (Å²) < 4.78 is 23.5. The van der Waals surface area contributed by atoms with Gasteiger partial charge in [0.05, 0.1) is 11.5 Å². The first-order chi connectivity index (χ1) is 12.6. The minimum Gasteiger partial charge on any atom is -0.331 e. The first-order valence-electron chi connectivity index (χ1n) is 9.52. The van der Waals surface area contributed by atoms with Crippen LogP contribution in [0.1, 0.15) is 64.0 Å². The van der Waals surface area contributed by atoms with E-state index in [0.717, 1.165) is 11.1 Å². The molecule has 0 spiro atoms. The molecule has 27 heavy (non-hydrogen) atoms. The number of anilines is 1. The van der Waals surface area contributed by atoms with Gasteiger partial charge in [-0.1, -0.05) is 45.9 Å². The van der Waals surface area contributed by atoms with Crippen molar-refractivity contribution in [3.05, 3.63) is 29.3 Å². The van der Waals surface area contributed by atoms with Gasteiger partial charge in [-0.15, -0.1) is 0 Å². The number of rotatable bonds is 5. The molecule has 2 amide bonds. The van der Waals surface area contributed by atoms with Crippen LogP contribution in [-0.4, -0.2) is 49.2 Å². The fourth-order valence-electron chi connectivity index (χ4n) is 3.58. The molecule has 1 saturated heterocycles. The standard InChI is InChI=1S/C20H30N2O4S/c1-6-22(15-10-11-27(25,26)12-15)20(24)19(23)21-18-16(13(2)3)8-7-9-17(18)14(4)5/h7-9,13-15H,6,10-12H2,1-5H3,(H,21,23). The summed E-state index contributed by atoms with van der Waals surface area (Å²) in [5.41, 5.74) is 2.65. The van der Waals surface area contributed by atoms with Crippen molar-refractivity contribution in [3.63, 3.8) is 0 Å². The van der Waals surface area contributed by atoms with E-state index < -0.39 is 27.7 Å². The van der Waals surface area contributed by atoms with Crippen molar-refractivity contribution in [2.75, 3.05) is 23.4 Å². The number of amides is 2. The molecule has 1 N–H and O–H groups in total. The number of nitrogens with zero attached hydrogens (tertiary/aromatic N) is 1. The van der Waals surface area contributed by atoms with Crippen molar-refractivity contribution in [3.8, 4) is 0 Å². The molecule has 0 bridgehead atoms. The molecule has 6 nitrogen and oxygen atoms in total. The van der Waals surface area contributed by atoms with Gasteiger partial charge in [0.15, 0.2) is 9.84 Å². The number of sulfone groups is 1. The number of hydrogen-bond acceptors (Lipinski definition) is 4. The highest BCUT2D eigenvalue weighted by molar-refractivity contribution is 7.91. The van der Waals surface area contributed by atoms with Gasteiger partial charge >= 0.3 is 11.8 Å². The summed E-state index contributed by atoms with van der Waals surface area (Å²) in [6.45, 7) is 10.2. The normalized spacial score (nSPS) is 18.7. The van der Waals surface area contributed by atoms with Crippen LogP contribution in [0, 0.1) is 0 Å². The molecule has 1 heterocycles. The number of hydrogen-bond donors (Lipinski definition) is 1. The van der Waals surface area contributed by atoms with Gasteiger partial charge in [-0.05, 0) is 36.3 Å². The molecule has 1 fully saturated rings.